The summed E-state index contributed by atoms with van der Waals surface area (Å²) in [5.41, 5.74) is 0.288. The van der Waals surface area contributed by atoms with E-state index in [4.69, 9.17) is 4.74 Å². The molecule has 1 rings (SSSR count). The third-order valence-electron chi connectivity index (χ3n) is 2.54. The van der Waals surface area contributed by atoms with E-state index in [2.05, 4.69) is 24.1 Å². The lowest BCUT2D eigenvalue weighted by Crippen LogP contribution is -2.58. The first kappa shape index (κ1) is 16.9. The topological polar surface area (TPSA) is 24.5 Å². The molecule has 0 aromatic carbocycles. The van der Waals surface area contributed by atoms with Crippen LogP contribution in [0.15, 0.2) is 0 Å². The predicted molar refractivity (Wildman–Crippen MR) is 64.9 cm³/mol. The van der Waals surface area contributed by atoms with Crippen LogP contribution in [0.5, 0.6) is 0 Å². The summed E-state index contributed by atoms with van der Waals surface area (Å²) in [4.78, 5) is 2.48. The number of hydrogen-bond acceptors (Lipinski definition) is 3. The highest BCUT2D eigenvalue weighted by Gasteiger charge is 2.28. The van der Waals surface area contributed by atoms with Crippen LogP contribution in [-0.4, -0.2) is 50.3 Å². The van der Waals surface area contributed by atoms with Gasteiger partial charge in [0.05, 0.1) is 6.61 Å². The van der Waals surface area contributed by atoms with Crippen molar-refractivity contribution in [2.75, 3.05) is 39.9 Å². The third kappa shape index (κ3) is 4.80. The largest absolute Gasteiger partial charge is 0.383 e. The third-order valence-corrected chi connectivity index (χ3v) is 2.54. The number of rotatable bonds is 3. The molecule has 1 aliphatic heterocycles. The quantitative estimate of drug-likeness (QED) is 0.807. The van der Waals surface area contributed by atoms with Crippen LogP contribution in [0, 0.1) is 0 Å². The van der Waals surface area contributed by atoms with Gasteiger partial charge in [0.2, 0.25) is 0 Å². The average molecular weight is 245 g/mol. The lowest BCUT2D eigenvalue weighted by atomic mass is 10.0. The first-order chi connectivity index (χ1) is 5.67. The molecule has 0 atom stereocenters. The van der Waals surface area contributed by atoms with Gasteiger partial charge in [0, 0.05) is 38.8 Å². The Morgan fingerprint density at radius 1 is 1.36 bits per heavy atom. The Morgan fingerprint density at radius 2 is 2.00 bits per heavy atom. The molecule has 0 aromatic heterocycles. The normalized spacial score (nSPS) is 20.8. The van der Waals surface area contributed by atoms with E-state index in [0.717, 1.165) is 32.8 Å². The van der Waals surface area contributed by atoms with Gasteiger partial charge < -0.3 is 10.1 Å². The highest BCUT2D eigenvalue weighted by molar-refractivity contribution is 5.85. The smallest absolute Gasteiger partial charge is 0.0589 e. The van der Waals surface area contributed by atoms with Gasteiger partial charge in [-0.05, 0) is 13.8 Å². The molecule has 0 spiro atoms. The predicted octanol–water partition coefficient (Wildman–Crippen LogP) is 1.16. The maximum atomic E-state index is 5.08. The average Bonchev–Trinajstić information content (AvgIpc) is 2.02. The molecule has 0 amide bonds. The van der Waals surface area contributed by atoms with E-state index in [1.54, 1.807) is 7.11 Å². The van der Waals surface area contributed by atoms with Crippen LogP contribution in [0.25, 0.3) is 0 Å². The zero-order chi connectivity index (χ0) is 9.03. The summed E-state index contributed by atoms with van der Waals surface area (Å²) >= 11 is 0. The van der Waals surface area contributed by atoms with Crippen LogP contribution >= 0.6 is 24.8 Å². The molecule has 1 N–H and O–H groups in total. The minimum absolute atomic E-state index is 0. The van der Waals surface area contributed by atoms with Gasteiger partial charge in [-0.15, -0.1) is 24.8 Å². The Kier molecular flexibility index (Phi) is 9.30. The number of methoxy groups -OCH3 is 1. The van der Waals surface area contributed by atoms with Gasteiger partial charge in [-0.3, -0.25) is 4.90 Å². The molecule has 1 fully saturated rings. The zero-order valence-corrected chi connectivity index (χ0v) is 10.8. The highest BCUT2D eigenvalue weighted by Crippen LogP contribution is 2.14. The SMILES string of the molecule is COCCN1CCNCC1(C)C.Cl.Cl. The van der Waals surface area contributed by atoms with E-state index in [0.29, 0.717) is 0 Å². The van der Waals surface area contributed by atoms with Crippen molar-refractivity contribution in [3.8, 4) is 0 Å². The molecule has 0 radical (unpaired) electrons. The van der Waals surface area contributed by atoms with E-state index < -0.39 is 0 Å². The summed E-state index contributed by atoms with van der Waals surface area (Å²) in [5, 5.41) is 3.40. The Morgan fingerprint density at radius 3 is 2.50 bits per heavy atom. The standard InChI is InChI=1S/C9H20N2O.2ClH/c1-9(2)8-10-4-5-11(9)6-7-12-3;;/h10H,4-8H2,1-3H3;2*1H. The van der Waals surface area contributed by atoms with E-state index in [-0.39, 0.29) is 30.4 Å². The van der Waals surface area contributed by atoms with Crippen molar-refractivity contribution in [3.63, 3.8) is 0 Å². The van der Waals surface area contributed by atoms with Crippen LogP contribution in [0.3, 0.4) is 0 Å². The van der Waals surface area contributed by atoms with Crippen LogP contribution in [-0.2, 0) is 4.74 Å². The second-order valence-corrected chi connectivity index (χ2v) is 3.97. The Labute approximate surface area is 99.4 Å². The highest BCUT2D eigenvalue weighted by atomic mass is 35.5. The van der Waals surface area contributed by atoms with E-state index >= 15 is 0 Å². The Balaban J connectivity index is 0. The van der Waals surface area contributed by atoms with Crippen molar-refractivity contribution in [2.24, 2.45) is 0 Å². The van der Waals surface area contributed by atoms with Crippen LogP contribution in [0.4, 0.5) is 0 Å². The van der Waals surface area contributed by atoms with Gasteiger partial charge in [0.15, 0.2) is 0 Å². The second-order valence-electron chi connectivity index (χ2n) is 3.97. The van der Waals surface area contributed by atoms with Crippen LogP contribution < -0.4 is 5.32 Å². The summed E-state index contributed by atoms with van der Waals surface area (Å²) in [6.45, 7) is 9.75. The molecule has 1 aliphatic rings. The van der Waals surface area contributed by atoms with Crippen molar-refractivity contribution in [1.29, 1.82) is 0 Å². The summed E-state index contributed by atoms with van der Waals surface area (Å²) < 4.78 is 5.08. The first-order valence-corrected chi connectivity index (χ1v) is 4.61. The first-order valence-electron chi connectivity index (χ1n) is 4.61. The van der Waals surface area contributed by atoms with Crippen molar-refractivity contribution in [3.05, 3.63) is 0 Å². The number of ether oxygens (including phenoxy) is 1. The summed E-state index contributed by atoms with van der Waals surface area (Å²) in [6.07, 6.45) is 0. The summed E-state index contributed by atoms with van der Waals surface area (Å²) in [5.74, 6) is 0. The summed E-state index contributed by atoms with van der Waals surface area (Å²) in [6, 6.07) is 0. The molecule has 0 saturated carbocycles. The van der Waals surface area contributed by atoms with Crippen molar-refractivity contribution in [1.82, 2.24) is 10.2 Å². The molecule has 88 valence electrons. The second kappa shape index (κ2) is 7.71. The lowest BCUT2D eigenvalue weighted by Gasteiger charge is -2.42. The molecule has 0 bridgehead atoms. The van der Waals surface area contributed by atoms with E-state index in [1.165, 1.54) is 0 Å². The molecule has 3 nitrogen and oxygen atoms in total. The number of nitrogens with one attached hydrogen (secondary N) is 1. The molecule has 5 heteroatoms. The zero-order valence-electron chi connectivity index (χ0n) is 9.21. The number of hydrogen-bond donors (Lipinski definition) is 1. The molecule has 1 heterocycles. The monoisotopic (exact) mass is 244 g/mol. The minimum Gasteiger partial charge on any atom is -0.383 e. The van der Waals surface area contributed by atoms with E-state index in [1.807, 2.05) is 0 Å². The lowest BCUT2D eigenvalue weighted by molar-refractivity contribution is 0.0580. The number of halogens is 2. The van der Waals surface area contributed by atoms with Crippen molar-refractivity contribution in [2.45, 2.75) is 19.4 Å². The number of nitrogens with zero attached hydrogens (tertiary/aromatic N) is 1. The van der Waals surface area contributed by atoms with Crippen LogP contribution in [0.1, 0.15) is 13.8 Å². The number of piperazine rings is 1. The van der Waals surface area contributed by atoms with Gasteiger partial charge in [0.1, 0.15) is 0 Å². The molecule has 1 saturated heterocycles. The van der Waals surface area contributed by atoms with Gasteiger partial charge in [-0.1, -0.05) is 0 Å². The molecule has 14 heavy (non-hydrogen) atoms. The maximum absolute atomic E-state index is 5.08. The van der Waals surface area contributed by atoms with Crippen molar-refractivity contribution >= 4 is 24.8 Å². The fraction of sp³-hybridized carbons (Fsp3) is 1.00. The molecular formula is C9H22Cl2N2O. The van der Waals surface area contributed by atoms with E-state index in [9.17, 15) is 0 Å². The molecule has 0 aliphatic carbocycles. The van der Waals surface area contributed by atoms with Gasteiger partial charge in [-0.2, -0.15) is 0 Å². The summed E-state index contributed by atoms with van der Waals surface area (Å²) in [7, 11) is 1.76. The fourth-order valence-electron chi connectivity index (χ4n) is 1.64. The van der Waals surface area contributed by atoms with Gasteiger partial charge >= 0.3 is 0 Å². The van der Waals surface area contributed by atoms with Crippen molar-refractivity contribution < 1.29 is 4.74 Å². The van der Waals surface area contributed by atoms with Crippen LogP contribution in [0.2, 0.25) is 0 Å². The van der Waals surface area contributed by atoms with Gasteiger partial charge in [0.25, 0.3) is 0 Å². The maximum Gasteiger partial charge on any atom is 0.0589 e. The molecule has 0 aromatic rings. The Hall–Kier alpha value is 0.460. The van der Waals surface area contributed by atoms with Gasteiger partial charge in [-0.25, -0.2) is 0 Å². The molecule has 0 unspecified atom stereocenters. The Bertz CT molecular complexity index is 145. The fourth-order valence-corrected chi connectivity index (χ4v) is 1.64. The minimum atomic E-state index is 0. The molecular weight excluding hydrogens is 223 g/mol.